The predicted molar refractivity (Wildman–Crippen MR) is 102 cm³/mol. The van der Waals surface area contributed by atoms with Gasteiger partial charge in [0.25, 0.3) is 5.69 Å². The number of hydrogen-bond donors (Lipinski definition) is 1. The fraction of sp³-hybridized carbons (Fsp3) is 0.300. The molecule has 6 heteroatoms. The van der Waals surface area contributed by atoms with Crippen molar-refractivity contribution in [3.8, 4) is 5.75 Å². The first-order valence-electron chi connectivity index (χ1n) is 8.74. The number of phenols is 1. The topological polar surface area (TPSA) is 69.8 Å². The van der Waals surface area contributed by atoms with Gasteiger partial charge in [-0.1, -0.05) is 42.5 Å². The van der Waals surface area contributed by atoms with Crippen molar-refractivity contribution in [1.29, 1.82) is 0 Å². The number of hydrogen-bond acceptors (Lipinski definition) is 5. The molecule has 1 aliphatic rings. The van der Waals surface area contributed by atoms with Crippen LogP contribution >= 0.6 is 0 Å². The van der Waals surface area contributed by atoms with Crippen molar-refractivity contribution >= 4 is 11.8 Å². The number of rotatable bonds is 6. The van der Waals surface area contributed by atoms with Crippen molar-refractivity contribution in [1.82, 2.24) is 9.80 Å². The van der Waals surface area contributed by atoms with Crippen molar-refractivity contribution in [2.75, 3.05) is 32.7 Å². The third-order valence-corrected chi connectivity index (χ3v) is 4.61. The highest BCUT2D eigenvalue weighted by Gasteiger charge is 2.18. The molecule has 1 aliphatic heterocycles. The molecule has 0 amide bonds. The fourth-order valence-corrected chi connectivity index (χ4v) is 3.09. The Morgan fingerprint density at radius 1 is 1.04 bits per heavy atom. The number of piperazine rings is 1. The van der Waals surface area contributed by atoms with Gasteiger partial charge in [0.15, 0.2) is 0 Å². The molecule has 6 nitrogen and oxygen atoms in total. The highest BCUT2D eigenvalue weighted by molar-refractivity contribution is 5.48. The number of non-ortho nitro benzene ring substituents is 1. The van der Waals surface area contributed by atoms with Gasteiger partial charge in [0.1, 0.15) is 5.75 Å². The summed E-state index contributed by atoms with van der Waals surface area (Å²) in [5.41, 5.74) is 1.83. The summed E-state index contributed by atoms with van der Waals surface area (Å²) in [6.07, 6.45) is 4.31. The van der Waals surface area contributed by atoms with Crippen LogP contribution in [0, 0.1) is 10.1 Å². The summed E-state index contributed by atoms with van der Waals surface area (Å²) in [6.45, 7) is 5.07. The zero-order chi connectivity index (χ0) is 18.4. The molecule has 1 heterocycles. The maximum absolute atomic E-state index is 10.9. The molecule has 2 aromatic carbocycles. The van der Waals surface area contributed by atoms with Gasteiger partial charge in [0.2, 0.25) is 0 Å². The smallest absolute Gasteiger partial charge is 0.270 e. The molecule has 0 radical (unpaired) electrons. The van der Waals surface area contributed by atoms with Crippen LogP contribution in [0.4, 0.5) is 5.69 Å². The van der Waals surface area contributed by atoms with Crippen LogP contribution in [0.1, 0.15) is 11.1 Å². The van der Waals surface area contributed by atoms with E-state index in [-0.39, 0.29) is 11.4 Å². The molecule has 136 valence electrons. The van der Waals surface area contributed by atoms with Crippen LogP contribution in [-0.2, 0) is 6.54 Å². The van der Waals surface area contributed by atoms with Gasteiger partial charge in [-0.25, -0.2) is 0 Å². The predicted octanol–water partition coefficient (Wildman–Crippen LogP) is 3.13. The summed E-state index contributed by atoms with van der Waals surface area (Å²) < 4.78 is 0. The van der Waals surface area contributed by atoms with E-state index in [2.05, 4.69) is 34.1 Å². The number of benzene rings is 2. The standard InChI is InChI=1S/C20H23N3O3/c24-20-9-8-19(23(25)26)15-18(20)16-22-13-11-21(12-14-22)10-4-7-17-5-2-1-3-6-17/h1-9,15,24H,10-14,16H2/b7-4+. The van der Waals surface area contributed by atoms with E-state index in [1.807, 2.05) is 18.2 Å². The molecule has 0 aromatic heterocycles. The largest absolute Gasteiger partial charge is 0.508 e. The fourth-order valence-electron chi connectivity index (χ4n) is 3.09. The second kappa shape index (κ2) is 8.60. The molecular formula is C20H23N3O3. The Morgan fingerprint density at radius 3 is 2.42 bits per heavy atom. The molecule has 1 fully saturated rings. The third kappa shape index (κ3) is 4.91. The molecule has 0 saturated carbocycles. The minimum Gasteiger partial charge on any atom is -0.508 e. The summed E-state index contributed by atoms with van der Waals surface area (Å²) in [5, 5.41) is 20.9. The minimum absolute atomic E-state index is 0.0162. The van der Waals surface area contributed by atoms with E-state index in [0.717, 1.165) is 32.7 Å². The van der Waals surface area contributed by atoms with E-state index in [4.69, 9.17) is 0 Å². The molecule has 1 saturated heterocycles. The Balaban J connectivity index is 1.49. The zero-order valence-corrected chi connectivity index (χ0v) is 14.6. The molecule has 0 unspecified atom stereocenters. The second-order valence-corrected chi connectivity index (χ2v) is 6.46. The van der Waals surface area contributed by atoms with Crippen molar-refractivity contribution in [3.05, 3.63) is 75.8 Å². The summed E-state index contributed by atoms with van der Waals surface area (Å²) >= 11 is 0. The molecule has 3 rings (SSSR count). The average molecular weight is 353 g/mol. The summed E-state index contributed by atoms with van der Waals surface area (Å²) in [7, 11) is 0. The second-order valence-electron chi connectivity index (χ2n) is 6.46. The Morgan fingerprint density at radius 2 is 1.73 bits per heavy atom. The maximum atomic E-state index is 10.9. The van der Waals surface area contributed by atoms with Crippen LogP contribution in [0.2, 0.25) is 0 Å². The highest BCUT2D eigenvalue weighted by Crippen LogP contribution is 2.24. The third-order valence-electron chi connectivity index (χ3n) is 4.61. The lowest BCUT2D eigenvalue weighted by Gasteiger charge is -2.34. The number of nitro groups is 1. The van der Waals surface area contributed by atoms with Gasteiger partial charge < -0.3 is 5.11 Å². The van der Waals surface area contributed by atoms with Crippen molar-refractivity contribution in [2.24, 2.45) is 0 Å². The van der Waals surface area contributed by atoms with Crippen LogP contribution in [0.25, 0.3) is 6.08 Å². The summed E-state index contributed by atoms with van der Waals surface area (Å²) in [6, 6.07) is 14.4. The Bertz CT molecular complexity index is 769. The first-order chi connectivity index (χ1) is 12.6. The molecule has 0 spiro atoms. The molecule has 0 bridgehead atoms. The lowest BCUT2D eigenvalue weighted by atomic mass is 10.1. The van der Waals surface area contributed by atoms with Gasteiger partial charge in [-0.3, -0.25) is 19.9 Å². The highest BCUT2D eigenvalue weighted by atomic mass is 16.6. The van der Waals surface area contributed by atoms with Crippen molar-refractivity contribution in [2.45, 2.75) is 6.54 Å². The van der Waals surface area contributed by atoms with Gasteiger partial charge in [0, 0.05) is 57.0 Å². The van der Waals surface area contributed by atoms with Gasteiger partial charge in [-0.2, -0.15) is 0 Å². The summed E-state index contributed by atoms with van der Waals surface area (Å²) in [5.74, 6) is 0.115. The zero-order valence-electron chi connectivity index (χ0n) is 14.6. The Labute approximate surface area is 153 Å². The first-order valence-corrected chi connectivity index (χ1v) is 8.74. The van der Waals surface area contributed by atoms with E-state index in [0.29, 0.717) is 12.1 Å². The average Bonchev–Trinajstić information content (AvgIpc) is 2.65. The van der Waals surface area contributed by atoms with Crippen molar-refractivity contribution in [3.63, 3.8) is 0 Å². The molecule has 1 N–H and O–H groups in total. The van der Waals surface area contributed by atoms with Crippen LogP contribution in [0.3, 0.4) is 0 Å². The van der Waals surface area contributed by atoms with Crippen LogP contribution in [-0.4, -0.2) is 52.6 Å². The van der Waals surface area contributed by atoms with E-state index < -0.39 is 4.92 Å². The summed E-state index contributed by atoms with van der Waals surface area (Å²) in [4.78, 5) is 15.1. The van der Waals surface area contributed by atoms with Gasteiger partial charge in [0.05, 0.1) is 4.92 Å². The van der Waals surface area contributed by atoms with Crippen LogP contribution in [0.5, 0.6) is 5.75 Å². The molecule has 0 atom stereocenters. The van der Waals surface area contributed by atoms with Crippen molar-refractivity contribution < 1.29 is 10.0 Å². The van der Waals surface area contributed by atoms with Gasteiger partial charge in [-0.15, -0.1) is 0 Å². The number of nitrogens with zero attached hydrogens (tertiary/aromatic N) is 3. The quantitative estimate of drug-likeness (QED) is 0.638. The van der Waals surface area contributed by atoms with E-state index in [1.165, 1.54) is 23.8 Å². The molecule has 26 heavy (non-hydrogen) atoms. The Kier molecular flexibility index (Phi) is 5.99. The number of nitro benzene ring substituents is 1. The van der Waals surface area contributed by atoms with E-state index >= 15 is 0 Å². The molecular weight excluding hydrogens is 330 g/mol. The van der Waals surface area contributed by atoms with E-state index in [1.54, 1.807) is 0 Å². The normalized spacial score (nSPS) is 16.2. The maximum Gasteiger partial charge on any atom is 0.270 e. The number of phenolic OH excluding ortho intramolecular Hbond substituents is 1. The Hall–Kier alpha value is -2.70. The van der Waals surface area contributed by atoms with Crippen LogP contribution in [0.15, 0.2) is 54.6 Å². The molecule has 2 aromatic rings. The SMILES string of the molecule is O=[N+]([O-])c1ccc(O)c(CN2CCN(C/C=C/c3ccccc3)CC2)c1. The number of aromatic hydroxyl groups is 1. The monoisotopic (exact) mass is 353 g/mol. The lowest BCUT2D eigenvalue weighted by molar-refractivity contribution is -0.385. The molecule has 0 aliphatic carbocycles. The van der Waals surface area contributed by atoms with Gasteiger partial charge >= 0.3 is 0 Å². The van der Waals surface area contributed by atoms with Gasteiger partial charge in [-0.05, 0) is 11.6 Å². The minimum atomic E-state index is -0.431. The van der Waals surface area contributed by atoms with Crippen LogP contribution < -0.4 is 0 Å². The van der Waals surface area contributed by atoms with E-state index in [9.17, 15) is 15.2 Å². The first kappa shape index (κ1) is 18.1. The lowest BCUT2D eigenvalue weighted by Crippen LogP contribution is -2.45.